The molecule has 0 radical (unpaired) electrons. The summed E-state index contributed by atoms with van der Waals surface area (Å²) in [6, 6.07) is 8.63. The number of esters is 1. The van der Waals surface area contributed by atoms with E-state index in [0.29, 0.717) is 19.1 Å². The van der Waals surface area contributed by atoms with Gasteiger partial charge < -0.3 is 15.2 Å². The van der Waals surface area contributed by atoms with Gasteiger partial charge in [-0.2, -0.15) is 0 Å². The molecule has 4 nitrogen and oxygen atoms in total. The number of rotatable bonds is 6. The summed E-state index contributed by atoms with van der Waals surface area (Å²) in [5, 5.41) is 12.4. The summed E-state index contributed by atoms with van der Waals surface area (Å²) in [6.07, 6.45) is 4.51. The molecule has 0 unspecified atom stereocenters. The monoisotopic (exact) mass is 291 g/mol. The standard InChI is InChI=1S/C17H25NO3/c1-2-21-17(20)14-5-9-16(10-6-14)18-15-7-3-13(4-8-15)11-12-19/h3-4,7-8,14,16,18-19H,2,5-6,9-12H2,1H3. The van der Waals surface area contributed by atoms with Crippen molar-refractivity contribution in [2.45, 2.75) is 45.1 Å². The second-order valence-electron chi connectivity index (χ2n) is 5.62. The first kappa shape index (κ1) is 15.8. The molecule has 0 heterocycles. The normalized spacial score (nSPS) is 21.8. The molecule has 1 aromatic rings. The number of carbonyl (C=O) groups excluding carboxylic acids is 1. The van der Waals surface area contributed by atoms with Crippen LogP contribution in [0, 0.1) is 5.92 Å². The highest BCUT2D eigenvalue weighted by atomic mass is 16.5. The molecule has 2 rings (SSSR count). The van der Waals surface area contributed by atoms with E-state index in [9.17, 15) is 4.79 Å². The topological polar surface area (TPSA) is 58.6 Å². The zero-order valence-electron chi connectivity index (χ0n) is 12.7. The SMILES string of the molecule is CCOC(=O)C1CCC(Nc2ccc(CCO)cc2)CC1. The lowest BCUT2D eigenvalue weighted by molar-refractivity contribution is -0.149. The third-order valence-corrected chi connectivity index (χ3v) is 4.07. The van der Waals surface area contributed by atoms with E-state index in [0.717, 1.165) is 36.9 Å². The van der Waals surface area contributed by atoms with Gasteiger partial charge in [0.05, 0.1) is 12.5 Å². The minimum Gasteiger partial charge on any atom is -0.466 e. The van der Waals surface area contributed by atoms with Crippen LogP contribution in [-0.4, -0.2) is 30.3 Å². The van der Waals surface area contributed by atoms with Crippen molar-refractivity contribution in [1.82, 2.24) is 0 Å². The van der Waals surface area contributed by atoms with Crippen LogP contribution in [0.1, 0.15) is 38.2 Å². The number of anilines is 1. The fraction of sp³-hybridized carbons (Fsp3) is 0.588. The largest absolute Gasteiger partial charge is 0.466 e. The number of hydrogen-bond donors (Lipinski definition) is 2. The van der Waals surface area contributed by atoms with Gasteiger partial charge in [0.1, 0.15) is 0 Å². The van der Waals surface area contributed by atoms with Gasteiger partial charge in [0.25, 0.3) is 0 Å². The maximum absolute atomic E-state index is 11.7. The van der Waals surface area contributed by atoms with E-state index < -0.39 is 0 Å². The highest BCUT2D eigenvalue weighted by molar-refractivity contribution is 5.72. The summed E-state index contributed by atoms with van der Waals surface area (Å²) in [7, 11) is 0. The summed E-state index contributed by atoms with van der Waals surface area (Å²) >= 11 is 0. The van der Waals surface area contributed by atoms with Crippen molar-refractivity contribution in [2.24, 2.45) is 5.92 Å². The lowest BCUT2D eigenvalue weighted by atomic mass is 9.86. The van der Waals surface area contributed by atoms with E-state index in [1.165, 1.54) is 0 Å². The smallest absolute Gasteiger partial charge is 0.308 e. The van der Waals surface area contributed by atoms with Crippen LogP contribution in [0.25, 0.3) is 0 Å². The molecule has 0 atom stereocenters. The summed E-state index contributed by atoms with van der Waals surface area (Å²) in [5.41, 5.74) is 2.25. The molecule has 0 aliphatic heterocycles. The van der Waals surface area contributed by atoms with Crippen LogP contribution in [0.4, 0.5) is 5.69 Å². The third-order valence-electron chi connectivity index (χ3n) is 4.07. The molecule has 21 heavy (non-hydrogen) atoms. The van der Waals surface area contributed by atoms with Crippen LogP contribution in [-0.2, 0) is 16.0 Å². The maximum atomic E-state index is 11.7. The van der Waals surface area contributed by atoms with E-state index in [-0.39, 0.29) is 18.5 Å². The van der Waals surface area contributed by atoms with Crippen LogP contribution < -0.4 is 5.32 Å². The molecule has 0 saturated heterocycles. The maximum Gasteiger partial charge on any atom is 0.308 e. The summed E-state index contributed by atoms with van der Waals surface area (Å²) in [5.74, 6) is 0.0410. The predicted molar refractivity (Wildman–Crippen MR) is 83.2 cm³/mol. The first-order valence-electron chi connectivity index (χ1n) is 7.86. The summed E-state index contributed by atoms with van der Waals surface area (Å²) in [4.78, 5) is 11.7. The van der Waals surface area contributed by atoms with Crippen LogP contribution in [0.2, 0.25) is 0 Å². The van der Waals surface area contributed by atoms with Gasteiger partial charge in [-0.1, -0.05) is 12.1 Å². The molecule has 2 N–H and O–H groups in total. The number of benzene rings is 1. The minimum atomic E-state index is -0.0377. The van der Waals surface area contributed by atoms with Gasteiger partial charge in [-0.15, -0.1) is 0 Å². The molecule has 0 spiro atoms. The number of hydrogen-bond acceptors (Lipinski definition) is 4. The van der Waals surface area contributed by atoms with Crippen molar-refractivity contribution < 1.29 is 14.6 Å². The Balaban J connectivity index is 1.79. The van der Waals surface area contributed by atoms with E-state index in [1.807, 2.05) is 19.1 Å². The van der Waals surface area contributed by atoms with Crippen molar-refractivity contribution >= 4 is 11.7 Å². The van der Waals surface area contributed by atoms with Crippen LogP contribution in [0.15, 0.2) is 24.3 Å². The lowest BCUT2D eigenvalue weighted by Gasteiger charge is -2.28. The lowest BCUT2D eigenvalue weighted by Crippen LogP contribution is -2.30. The Morgan fingerprint density at radius 2 is 1.90 bits per heavy atom. The first-order valence-corrected chi connectivity index (χ1v) is 7.86. The Labute approximate surface area is 126 Å². The van der Waals surface area contributed by atoms with Crippen LogP contribution in [0.3, 0.4) is 0 Å². The van der Waals surface area contributed by atoms with Gasteiger partial charge in [0.15, 0.2) is 0 Å². The van der Waals surface area contributed by atoms with Gasteiger partial charge in [0.2, 0.25) is 0 Å². The molecule has 1 saturated carbocycles. The first-order chi connectivity index (χ1) is 10.2. The Morgan fingerprint density at radius 3 is 2.48 bits per heavy atom. The third kappa shape index (κ3) is 4.74. The highest BCUT2D eigenvalue weighted by Gasteiger charge is 2.27. The van der Waals surface area contributed by atoms with Crippen molar-refractivity contribution in [2.75, 3.05) is 18.5 Å². The molecular weight excluding hydrogens is 266 g/mol. The minimum absolute atomic E-state index is 0.0377. The van der Waals surface area contributed by atoms with Crippen LogP contribution >= 0.6 is 0 Å². The van der Waals surface area contributed by atoms with Gasteiger partial charge in [-0.3, -0.25) is 4.79 Å². The molecule has 1 aliphatic carbocycles. The molecule has 0 bridgehead atoms. The Kier molecular flexibility index (Phi) is 6.05. The number of ether oxygens (including phenoxy) is 1. The Bertz CT molecular complexity index is 436. The molecular formula is C17H25NO3. The van der Waals surface area contributed by atoms with E-state index >= 15 is 0 Å². The van der Waals surface area contributed by atoms with E-state index in [2.05, 4.69) is 17.4 Å². The molecule has 1 aromatic carbocycles. The van der Waals surface area contributed by atoms with Gasteiger partial charge in [-0.25, -0.2) is 0 Å². The van der Waals surface area contributed by atoms with E-state index in [1.54, 1.807) is 0 Å². The fourth-order valence-electron chi connectivity index (χ4n) is 2.87. The van der Waals surface area contributed by atoms with Crippen molar-refractivity contribution in [3.63, 3.8) is 0 Å². The number of aliphatic hydroxyl groups excluding tert-OH is 1. The quantitative estimate of drug-likeness (QED) is 0.791. The van der Waals surface area contributed by atoms with Gasteiger partial charge in [0, 0.05) is 18.3 Å². The molecule has 1 fully saturated rings. The van der Waals surface area contributed by atoms with Gasteiger partial charge >= 0.3 is 5.97 Å². The summed E-state index contributed by atoms with van der Waals surface area (Å²) in [6.45, 7) is 2.51. The number of nitrogens with one attached hydrogen (secondary N) is 1. The average molecular weight is 291 g/mol. The van der Waals surface area contributed by atoms with Crippen LogP contribution in [0.5, 0.6) is 0 Å². The highest BCUT2D eigenvalue weighted by Crippen LogP contribution is 2.27. The molecule has 4 heteroatoms. The molecule has 116 valence electrons. The molecule has 1 aliphatic rings. The predicted octanol–water partition coefficient (Wildman–Crippen LogP) is 2.76. The Hall–Kier alpha value is -1.55. The van der Waals surface area contributed by atoms with Crippen molar-refractivity contribution in [1.29, 1.82) is 0 Å². The zero-order chi connectivity index (χ0) is 15.1. The number of carbonyl (C=O) groups is 1. The summed E-state index contributed by atoms with van der Waals surface area (Å²) < 4.78 is 5.09. The zero-order valence-corrected chi connectivity index (χ0v) is 12.7. The second-order valence-corrected chi connectivity index (χ2v) is 5.62. The van der Waals surface area contributed by atoms with Crippen molar-refractivity contribution in [3.8, 4) is 0 Å². The van der Waals surface area contributed by atoms with Crippen molar-refractivity contribution in [3.05, 3.63) is 29.8 Å². The van der Waals surface area contributed by atoms with Gasteiger partial charge in [-0.05, 0) is 56.7 Å². The molecule has 0 aromatic heterocycles. The fourth-order valence-corrected chi connectivity index (χ4v) is 2.87. The second kappa shape index (κ2) is 8.03. The Morgan fingerprint density at radius 1 is 1.24 bits per heavy atom. The molecule has 0 amide bonds. The van der Waals surface area contributed by atoms with E-state index in [4.69, 9.17) is 9.84 Å². The number of aliphatic hydroxyl groups is 1. The average Bonchev–Trinajstić information content (AvgIpc) is 2.50.